The van der Waals surface area contributed by atoms with Crippen LogP contribution in [0.25, 0.3) is 0 Å². The predicted octanol–water partition coefficient (Wildman–Crippen LogP) is 3.15. The van der Waals surface area contributed by atoms with E-state index < -0.39 is 5.97 Å². The maximum absolute atomic E-state index is 12.3. The molecule has 0 bridgehead atoms. The Kier molecular flexibility index (Phi) is 6.22. The Morgan fingerprint density at radius 1 is 1.28 bits per heavy atom. The summed E-state index contributed by atoms with van der Waals surface area (Å²) in [6, 6.07) is 7.80. The number of carboxylic acid groups (broad SMARTS) is 1. The minimum Gasteiger partial charge on any atom is -0.491 e. The average Bonchev–Trinajstić information content (AvgIpc) is 2.91. The van der Waals surface area contributed by atoms with Crippen LogP contribution in [0.1, 0.15) is 47.0 Å². The molecule has 0 fully saturated rings. The summed E-state index contributed by atoms with van der Waals surface area (Å²) in [6.45, 7) is 6.52. The predicted molar refractivity (Wildman–Crippen MR) is 93.1 cm³/mol. The van der Waals surface area contributed by atoms with E-state index >= 15 is 0 Å². The molecule has 0 unspecified atom stereocenters. The number of benzene rings is 1. The van der Waals surface area contributed by atoms with Crippen LogP contribution in [0.4, 0.5) is 0 Å². The first-order valence-electron chi connectivity index (χ1n) is 8.18. The summed E-state index contributed by atoms with van der Waals surface area (Å²) in [5, 5.41) is 11.6. The first-order valence-corrected chi connectivity index (χ1v) is 8.18. The molecule has 6 heteroatoms. The Morgan fingerprint density at radius 3 is 2.68 bits per heavy atom. The van der Waals surface area contributed by atoms with Gasteiger partial charge in [-0.25, -0.2) is 0 Å². The van der Waals surface area contributed by atoms with Gasteiger partial charge in [0.15, 0.2) is 0 Å². The van der Waals surface area contributed by atoms with E-state index in [9.17, 15) is 9.59 Å². The lowest BCUT2D eigenvalue weighted by atomic mass is 10.0. The van der Waals surface area contributed by atoms with Gasteiger partial charge in [-0.15, -0.1) is 0 Å². The van der Waals surface area contributed by atoms with E-state index in [4.69, 9.17) is 14.3 Å². The molecule has 134 valence electrons. The molecule has 0 saturated carbocycles. The third-order valence-corrected chi connectivity index (χ3v) is 3.78. The summed E-state index contributed by atoms with van der Waals surface area (Å²) in [7, 11) is 0. The van der Waals surface area contributed by atoms with Crippen molar-refractivity contribution in [3.8, 4) is 5.75 Å². The van der Waals surface area contributed by atoms with Crippen molar-refractivity contribution in [3.63, 3.8) is 0 Å². The standard InChI is InChI=1S/C19H23NO5/c1-12(2)14-6-4-5-7-15(14)24-9-8-20-19(23)18-13(3)11-25-16(18)10-17(21)22/h4-7,11-12H,8-10H2,1-3H3,(H,20,23)(H,21,22). The van der Waals surface area contributed by atoms with Crippen LogP contribution in [0.5, 0.6) is 5.75 Å². The van der Waals surface area contributed by atoms with Crippen molar-refractivity contribution in [3.05, 3.63) is 53.0 Å². The van der Waals surface area contributed by atoms with E-state index in [0.29, 0.717) is 24.6 Å². The summed E-state index contributed by atoms with van der Waals surface area (Å²) in [4.78, 5) is 23.1. The second-order valence-corrected chi connectivity index (χ2v) is 6.08. The molecule has 6 nitrogen and oxygen atoms in total. The molecule has 1 amide bonds. The molecule has 2 aromatic rings. The molecule has 0 aliphatic carbocycles. The molecule has 0 aliphatic heterocycles. The third-order valence-electron chi connectivity index (χ3n) is 3.78. The largest absolute Gasteiger partial charge is 0.491 e. The summed E-state index contributed by atoms with van der Waals surface area (Å²) in [5.74, 6) is -0.0930. The Balaban J connectivity index is 1.92. The van der Waals surface area contributed by atoms with Crippen LogP contribution in [-0.4, -0.2) is 30.1 Å². The van der Waals surface area contributed by atoms with Gasteiger partial charge in [0, 0.05) is 5.56 Å². The van der Waals surface area contributed by atoms with E-state index in [2.05, 4.69) is 19.2 Å². The molecular formula is C19H23NO5. The zero-order valence-electron chi connectivity index (χ0n) is 14.7. The summed E-state index contributed by atoms with van der Waals surface area (Å²) < 4.78 is 10.9. The second-order valence-electron chi connectivity index (χ2n) is 6.08. The van der Waals surface area contributed by atoms with E-state index in [1.165, 1.54) is 6.26 Å². The monoisotopic (exact) mass is 345 g/mol. The zero-order valence-corrected chi connectivity index (χ0v) is 14.7. The van der Waals surface area contributed by atoms with Crippen molar-refractivity contribution in [2.24, 2.45) is 0 Å². The number of carbonyl (C=O) groups is 2. The highest BCUT2D eigenvalue weighted by atomic mass is 16.5. The first-order chi connectivity index (χ1) is 11.9. The van der Waals surface area contributed by atoms with Crippen molar-refractivity contribution in [1.29, 1.82) is 0 Å². The van der Waals surface area contributed by atoms with Crippen molar-refractivity contribution in [2.75, 3.05) is 13.2 Å². The molecule has 0 aliphatic rings. The molecule has 1 aromatic carbocycles. The smallest absolute Gasteiger partial charge is 0.311 e. The molecular weight excluding hydrogens is 322 g/mol. The van der Waals surface area contributed by atoms with E-state index in [0.717, 1.165) is 11.3 Å². The van der Waals surface area contributed by atoms with Gasteiger partial charge >= 0.3 is 5.97 Å². The number of carboxylic acids is 1. The number of ether oxygens (including phenoxy) is 1. The number of hydrogen-bond donors (Lipinski definition) is 2. The number of aliphatic carboxylic acids is 1. The molecule has 2 N–H and O–H groups in total. The van der Waals surface area contributed by atoms with Crippen molar-refractivity contribution in [2.45, 2.75) is 33.1 Å². The van der Waals surface area contributed by atoms with Crippen LogP contribution in [0, 0.1) is 6.92 Å². The van der Waals surface area contributed by atoms with Gasteiger partial charge in [-0.1, -0.05) is 32.0 Å². The second kappa shape index (κ2) is 8.37. The lowest BCUT2D eigenvalue weighted by Gasteiger charge is -2.14. The van der Waals surface area contributed by atoms with E-state index in [-0.39, 0.29) is 23.7 Å². The van der Waals surface area contributed by atoms with Crippen LogP contribution in [0.2, 0.25) is 0 Å². The molecule has 1 heterocycles. The minimum absolute atomic E-state index is 0.161. The summed E-state index contributed by atoms with van der Waals surface area (Å²) >= 11 is 0. The fourth-order valence-corrected chi connectivity index (χ4v) is 2.57. The van der Waals surface area contributed by atoms with Crippen LogP contribution in [0.15, 0.2) is 34.9 Å². The quantitative estimate of drug-likeness (QED) is 0.718. The van der Waals surface area contributed by atoms with Gasteiger partial charge in [-0.05, 0) is 24.5 Å². The number of nitrogens with one attached hydrogen (secondary N) is 1. The number of carbonyl (C=O) groups excluding carboxylic acids is 1. The van der Waals surface area contributed by atoms with Crippen LogP contribution < -0.4 is 10.1 Å². The normalized spacial score (nSPS) is 10.7. The lowest BCUT2D eigenvalue weighted by Crippen LogP contribution is -2.29. The number of amides is 1. The molecule has 1 aromatic heterocycles. The molecule has 0 spiro atoms. The van der Waals surface area contributed by atoms with Crippen LogP contribution in [-0.2, 0) is 11.2 Å². The van der Waals surface area contributed by atoms with Gasteiger partial charge < -0.3 is 19.6 Å². The molecule has 0 saturated heterocycles. The Bertz CT molecular complexity index is 748. The van der Waals surface area contributed by atoms with E-state index in [1.807, 2.05) is 24.3 Å². The maximum Gasteiger partial charge on any atom is 0.311 e. The molecule has 0 atom stereocenters. The Morgan fingerprint density at radius 2 is 2.00 bits per heavy atom. The average molecular weight is 345 g/mol. The van der Waals surface area contributed by atoms with Gasteiger partial charge in [0.05, 0.1) is 18.4 Å². The maximum atomic E-state index is 12.3. The van der Waals surface area contributed by atoms with E-state index in [1.54, 1.807) is 6.92 Å². The SMILES string of the molecule is Cc1coc(CC(=O)O)c1C(=O)NCCOc1ccccc1C(C)C. The summed E-state index contributed by atoms with van der Waals surface area (Å²) in [6.07, 6.45) is 1.07. The van der Waals surface area contributed by atoms with Gasteiger partial charge in [-0.2, -0.15) is 0 Å². The number of rotatable bonds is 8. The fraction of sp³-hybridized carbons (Fsp3) is 0.368. The first kappa shape index (κ1) is 18.6. The fourth-order valence-electron chi connectivity index (χ4n) is 2.57. The minimum atomic E-state index is -1.04. The zero-order chi connectivity index (χ0) is 18.4. The van der Waals surface area contributed by atoms with Gasteiger partial charge in [0.2, 0.25) is 0 Å². The molecule has 2 rings (SSSR count). The highest BCUT2D eigenvalue weighted by Crippen LogP contribution is 2.25. The lowest BCUT2D eigenvalue weighted by molar-refractivity contribution is -0.136. The third kappa shape index (κ3) is 4.86. The highest BCUT2D eigenvalue weighted by molar-refractivity contribution is 5.97. The van der Waals surface area contributed by atoms with Crippen LogP contribution >= 0.6 is 0 Å². The number of hydrogen-bond acceptors (Lipinski definition) is 4. The number of furan rings is 1. The molecule has 25 heavy (non-hydrogen) atoms. The number of aryl methyl sites for hydroxylation is 1. The van der Waals surface area contributed by atoms with Crippen molar-refractivity contribution < 1.29 is 23.8 Å². The molecule has 0 radical (unpaired) electrons. The van der Waals surface area contributed by atoms with Gasteiger partial charge in [0.1, 0.15) is 24.5 Å². The topological polar surface area (TPSA) is 88.8 Å². The summed E-state index contributed by atoms with van der Waals surface area (Å²) in [5.41, 5.74) is 2.01. The van der Waals surface area contributed by atoms with Crippen LogP contribution in [0.3, 0.4) is 0 Å². The van der Waals surface area contributed by atoms with Crippen molar-refractivity contribution >= 4 is 11.9 Å². The number of para-hydroxylation sites is 1. The van der Waals surface area contributed by atoms with Gasteiger partial charge in [-0.3, -0.25) is 9.59 Å². The highest BCUT2D eigenvalue weighted by Gasteiger charge is 2.20. The Labute approximate surface area is 146 Å². The van der Waals surface area contributed by atoms with Gasteiger partial charge in [0.25, 0.3) is 5.91 Å². The Hall–Kier alpha value is -2.76. The van der Waals surface area contributed by atoms with Crippen molar-refractivity contribution in [1.82, 2.24) is 5.32 Å².